The summed E-state index contributed by atoms with van der Waals surface area (Å²) >= 11 is 0. The summed E-state index contributed by atoms with van der Waals surface area (Å²) in [6, 6.07) is 13.2. The average Bonchev–Trinajstić information content (AvgIpc) is 3.03. The molecule has 1 heterocycles. The number of aryl methyl sites for hydroxylation is 1. The summed E-state index contributed by atoms with van der Waals surface area (Å²) in [5.74, 6) is 0.830. The van der Waals surface area contributed by atoms with Crippen molar-refractivity contribution in [2.45, 2.75) is 19.9 Å². The summed E-state index contributed by atoms with van der Waals surface area (Å²) in [6.07, 6.45) is 0.218. The summed E-state index contributed by atoms with van der Waals surface area (Å²) in [7, 11) is 3.18. The molecule has 2 aromatic rings. The Morgan fingerprint density at radius 1 is 1.15 bits per heavy atom. The Kier molecular flexibility index (Phi) is 5.64. The number of hydrogen-bond acceptors (Lipinski definition) is 4. The first-order valence-corrected chi connectivity index (χ1v) is 8.86. The highest BCUT2D eigenvalue weighted by molar-refractivity contribution is 5.98. The zero-order valence-corrected chi connectivity index (χ0v) is 15.8. The van der Waals surface area contributed by atoms with E-state index in [4.69, 9.17) is 9.47 Å². The van der Waals surface area contributed by atoms with Gasteiger partial charge in [-0.15, -0.1) is 0 Å². The van der Waals surface area contributed by atoms with Crippen LogP contribution in [0.25, 0.3) is 0 Å². The number of anilines is 1. The van der Waals surface area contributed by atoms with Crippen molar-refractivity contribution in [1.82, 2.24) is 4.90 Å². The van der Waals surface area contributed by atoms with E-state index in [0.29, 0.717) is 24.5 Å². The summed E-state index contributed by atoms with van der Waals surface area (Å²) in [5.41, 5.74) is 2.66. The van der Waals surface area contributed by atoms with Gasteiger partial charge < -0.3 is 19.7 Å². The molecule has 2 amide bonds. The molecule has 27 heavy (non-hydrogen) atoms. The van der Waals surface area contributed by atoms with Gasteiger partial charge in [0.1, 0.15) is 11.5 Å². The second kappa shape index (κ2) is 8.12. The van der Waals surface area contributed by atoms with Crippen LogP contribution in [0, 0.1) is 12.8 Å². The topological polar surface area (TPSA) is 67.9 Å². The van der Waals surface area contributed by atoms with Gasteiger partial charge in [0, 0.05) is 19.5 Å². The lowest BCUT2D eigenvalue weighted by Gasteiger charge is -2.17. The fourth-order valence-corrected chi connectivity index (χ4v) is 3.21. The molecule has 1 saturated heterocycles. The SMILES string of the molecule is COc1ccc(CN2CC(C(=O)Nc3cc(C)ccc3OC)CC2=O)cc1. The highest BCUT2D eigenvalue weighted by Crippen LogP contribution is 2.28. The number of hydrogen-bond donors (Lipinski definition) is 1. The van der Waals surface area contributed by atoms with E-state index >= 15 is 0 Å². The van der Waals surface area contributed by atoms with E-state index in [9.17, 15) is 9.59 Å². The van der Waals surface area contributed by atoms with Crippen LogP contribution in [0.15, 0.2) is 42.5 Å². The van der Waals surface area contributed by atoms with E-state index in [0.717, 1.165) is 16.9 Å². The number of rotatable bonds is 6. The van der Waals surface area contributed by atoms with Crippen LogP contribution < -0.4 is 14.8 Å². The Balaban J connectivity index is 1.64. The maximum atomic E-state index is 12.7. The molecular formula is C21H24N2O4. The van der Waals surface area contributed by atoms with Crippen molar-refractivity contribution in [1.29, 1.82) is 0 Å². The zero-order chi connectivity index (χ0) is 19.4. The second-order valence-corrected chi connectivity index (χ2v) is 6.72. The van der Waals surface area contributed by atoms with E-state index in [2.05, 4.69) is 5.32 Å². The molecule has 1 aliphatic heterocycles. The summed E-state index contributed by atoms with van der Waals surface area (Å²) < 4.78 is 10.5. The molecule has 0 aromatic heterocycles. The van der Waals surface area contributed by atoms with Gasteiger partial charge in [-0.2, -0.15) is 0 Å². The number of benzene rings is 2. The average molecular weight is 368 g/mol. The van der Waals surface area contributed by atoms with Crippen LogP contribution in [0.1, 0.15) is 17.5 Å². The van der Waals surface area contributed by atoms with Gasteiger partial charge in [0.25, 0.3) is 0 Å². The maximum Gasteiger partial charge on any atom is 0.229 e. The molecule has 0 aliphatic carbocycles. The minimum absolute atomic E-state index is 0.0119. The smallest absolute Gasteiger partial charge is 0.229 e. The summed E-state index contributed by atoms with van der Waals surface area (Å²) in [5, 5.41) is 2.90. The molecule has 0 spiro atoms. The molecule has 1 fully saturated rings. The molecule has 6 heteroatoms. The normalized spacial score (nSPS) is 16.3. The lowest BCUT2D eigenvalue weighted by molar-refractivity contribution is -0.128. The van der Waals surface area contributed by atoms with Crippen LogP contribution in [0.4, 0.5) is 5.69 Å². The minimum Gasteiger partial charge on any atom is -0.497 e. The summed E-state index contributed by atoms with van der Waals surface area (Å²) in [4.78, 5) is 26.7. The third-order valence-corrected chi connectivity index (χ3v) is 4.73. The van der Waals surface area contributed by atoms with Crippen molar-refractivity contribution in [3.8, 4) is 11.5 Å². The maximum absolute atomic E-state index is 12.7. The Labute approximate surface area is 159 Å². The van der Waals surface area contributed by atoms with Gasteiger partial charge in [-0.1, -0.05) is 18.2 Å². The number of carbonyl (C=O) groups excluding carboxylic acids is 2. The number of amides is 2. The van der Waals surface area contributed by atoms with Crippen LogP contribution in [0.3, 0.4) is 0 Å². The van der Waals surface area contributed by atoms with E-state index in [1.165, 1.54) is 0 Å². The fraction of sp³-hybridized carbons (Fsp3) is 0.333. The van der Waals surface area contributed by atoms with E-state index in [1.807, 2.05) is 49.4 Å². The van der Waals surface area contributed by atoms with Gasteiger partial charge >= 0.3 is 0 Å². The molecule has 1 unspecified atom stereocenters. The number of nitrogens with one attached hydrogen (secondary N) is 1. The molecule has 0 saturated carbocycles. The van der Waals surface area contributed by atoms with Crippen molar-refractivity contribution in [2.24, 2.45) is 5.92 Å². The Bertz CT molecular complexity index is 833. The largest absolute Gasteiger partial charge is 0.497 e. The van der Waals surface area contributed by atoms with Crippen molar-refractivity contribution in [3.05, 3.63) is 53.6 Å². The lowest BCUT2D eigenvalue weighted by atomic mass is 10.1. The number of ether oxygens (including phenoxy) is 2. The van der Waals surface area contributed by atoms with E-state index < -0.39 is 0 Å². The van der Waals surface area contributed by atoms with Crippen LogP contribution in [-0.4, -0.2) is 37.5 Å². The summed E-state index contributed by atoms with van der Waals surface area (Å²) in [6.45, 7) is 2.84. The van der Waals surface area contributed by atoms with Crippen LogP contribution in [-0.2, 0) is 16.1 Å². The van der Waals surface area contributed by atoms with Crippen molar-refractivity contribution >= 4 is 17.5 Å². The highest BCUT2D eigenvalue weighted by Gasteiger charge is 2.34. The zero-order valence-electron chi connectivity index (χ0n) is 15.8. The van der Waals surface area contributed by atoms with E-state index in [1.54, 1.807) is 19.1 Å². The number of nitrogens with zero attached hydrogens (tertiary/aromatic N) is 1. The number of carbonyl (C=O) groups is 2. The minimum atomic E-state index is -0.374. The molecule has 1 N–H and O–H groups in total. The predicted octanol–water partition coefficient (Wildman–Crippen LogP) is 3.00. The van der Waals surface area contributed by atoms with Gasteiger partial charge in [0.15, 0.2) is 0 Å². The first kappa shape index (κ1) is 18.8. The first-order valence-electron chi connectivity index (χ1n) is 8.86. The monoisotopic (exact) mass is 368 g/mol. The molecule has 142 valence electrons. The van der Waals surface area contributed by atoms with E-state index in [-0.39, 0.29) is 24.2 Å². The molecule has 0 radical (unpaired) electrons. The standard InChI is InChI=1S/C21H24N2O4/c1-14-4-9-19(27-3)18(10-14)22-21(25)16-11-20(24)23(13-16)12-15-5-7-17(26-2)8-6-15/h4-10,16H,11-13H2,1-3H3,(H,22,25). The molecule has 6 nitrogen and oxygen atoms in total. The van der Waals surface area contributed by atoms with Crippen LogP contribution in [0.5, 0.6) is 11.5 Å². The van der Waals surface area contributed by atoms with Crippen LogP contribution in [0.2, 0.25) is 0 Å². The van der Waals surface area contributed by atoms with Gasteiger partial charge in [0.2, 0.25) is 11.8 Å². The Hall–Kier alpha value is -3.02. The molecule has 3 rings (SSSR count). The van der Waals surface area contributed by atoms with Gasteiger partial charge in [-0.05, 0) is 42.3 Å². The molecule has 2 aromatic carbocycles. The molecule has 0 bridgehead atoms. The predicted molar refractivity (Wildman–Crippen MR) is 103 cm³/mol. The van der Waals surface area contributed by atoms with Gasteiger partial charge in [-0.3, -0.25) is 9.59 Å². The van der Waals surface area contributed by atoms with Gasteiger partial charge in [0.05, 0.1) is 25.8 Å². The number of methoxy groups -OCH3 is 2. The molecule has 1 atom stereocenters. The highest BCUT2D eigenvalue weighted by atomic mass is 16.5. The van der Waals surface area contributed by atoms with Crippen molar-refractivity contribution in [2.75, 3.05) is 26.1 Å². The quantitative estimate of drug-likeness (QED) is 0.851. The Morgan fingerprint density at radius 3 is 2.56 bits per heavy atom. The first-order chi connectivity index (χ1) is 13.0. The molecule has 1 aliphatic rings. The number of likely N-dealkylation sites (tertiary alicyclic amines) is 1. The third-order valence-electron chi connectivity index (χ3n) is 4.73. The lowest BCUT2D eigenvalue weighted by Crippen LogP contribution is -2.28. The van der Waals surface area contributed by atoms with Crippen LogP contribution >= 0.6 is 0 Å². The molecular weight excluding hydrogens is 344 g/mol. The van der Waals surface area contributed by atoms with Gasteiger partial charge in [-0.25, -0.2) is 0 Å². The second-order valence-electron chi connectivity index (χ2n) is 6.72. The van der Waals surface area contributed by atoms with Crippen molar-refractivity contribution < 1.29 is 19.1 Å². The van der Waals surface area contributed by atoms with Crippen molar-refractivity contribution in [3.63, 3.8) is 0 Å². The Morgan fingerprint density at radius 2 is 1.89 bits per heavy atom. The fourth-order valence-electron chi connectivity index (χ4n) is 3.21. The third kappa shape index (κ3) is 4.39.